The van der Waals surface area contributed by atoms with E-state index in [4.69, 9.17) is 9.47 Å². The van der Waals surface area contributed by atoms with Crippen molar-refractivity contribution in [3.8, 4) is 0 Å². The number of hydrogen-bond donors (Lipinski definition) is 1. The van der Waals surface area contributed by atoms with Gasteiger partial charge in [0.05, 0.1) is 43.6 Å². The number of amides is 1. The van der Waals surface area contributed by atoms with Crippen LogP contribution in [0.2, 0.25) is 0 Å². The third-order valence-electron chi connectivity index (χ3n) is 5.89. The quantitative estimate of drug-likeness (QED) is 0.564. The van der Waals surface area contributed by atoms with Crippen molar-refractivity contribution >= 4 is 28.8 Å². The number of morpholine rings is 1. The van der Waals surface area contributed by atoms with E-state index in [0.717, 1.165) is 19.6 Å². The maximum Gasteiger partial charge on any atom is 0.338 e. The molecule has 1 aromatic carbocycles. The summed E-state index contributed by atoms with van der Waals surface area (Å²) in [7, 11) is 0. The van der Waals surface area contributed by atoms with Gasteiger partial charge in [0.15, 0.2) is 5.17 Å². The van der Waals surface area contributed by atoms with E-state index >= 15 is 0 Å². The summed E-state index contributed by atoms with van der Waals surface area (Å²) < 4.78 is 25.6. The maximum absolute atomic E-state index is 15.0. The summed E-state index contributed by atoms with van der Waals surface area (Å²) in [5.41, 5.74) is 1.75. The number of ether oxygens (including phenoxy) is 2. The molecule has 1 unspecified atom stereocenters. The molecule has 1 aromatic rings. The number of thioether (sulfide) groups is 1. The molecule has 3 aliphatic heterocycles. The summed E-state index contributed by atoms with van der Waals surface area (Å²) >= 11 is 1.36. The van der Waals surface area contributed by atoms with Crippen molar-refractivity contribution in [1.29, 1.82) is 0 Å². The summed E-state index contributed by atoms with van der Waals surface area (Å²) in [6, 6.07) is 5.58. The lowest BCUT2D eigenvalue weighted by molar-refractivity contribution is -0.139. The second-order valence-corrected chi connectivity index (χ2v) is 8.95. The van der Waals surface area contributed by atoms with Gasteiger partial charge < -0.3 is 19.7 Å². The van der Waals surface area contributed by atoms with Crippen LogP contribution in [0.15, 0.2) is 51.6 Å². The first-order valence-corrected chi connectivity index (χ1v) is 12.3. The van der Waals surface area contributed by atoms with Gasteiger partial charge in [-0.1, -0.05) is 30.0 Å². The van der Waals surface area contributed by atoms with Gasteiger partial charge in [-0.15, -0.1) is 0 Å². The summed E-state index contributed by atoms with van der Waals surface area (Å²) in [4.78, 5) is 34.3. The van der Waals surface area contributed by atoms with Gasteiger partial charge in [-0.3, -0.25) is 9.69 Å². The second kappa shape index (κ2) is 11.2. The maximum atomic E-state index is 15.0. The van der Waals surface area contributed by atoms with Crippen LogP contribution in [0.3, 0.4) is 0 Å². The van der Waals surface area contributed by atoms with Crippen molar-refractivity contribution in [2.45, 2.75) is 26.3 Å². The largest absolute Gasteiger partial charge is 0.463 e. The SMILES string of the molecule is CCOC(=O)C1=C(C)N=C2SC=C(CC(=O)NCCN3CCOCC3)N2C1c1ccccc1F. The third-order valence-corrected chi connectivity index (χ3v) is 6.78. The Morgan fingerprint density at radius 1 is 1.29 bits per heavy atom. The topological polar surface area (TPSA) is 83.5 Å². The minimum absolute atomic E-state index is 0.0925. The number of carbonyl (C=O) groups excluding carboxylic acids is 2. The molecule has 1 fully saturated rings. The number of allylic oxidation sites excluding steroid dienone is 1. The average molecular weight is 489 g/mol. The number of rotatable bonds is 8. The molecule has 0 aliphatic carbocycles. The zero-order valence-corrected chi connectivity index (χ0v) is 20.2. The van der Waals surface area contributed by atoms with E-state index < -0.39 is 17.8 Å². The van der Waals surface area contributed by atoms with Crippen molar-refractivity contribution < 1.29 is 23.5 Å². The van der Waals surface area contributed by atoms with Crippen molar-refractivity contribution in [3.63, 3.8) is 0 Å². The van der Waals surface area contributed by atoms with Crippen molar-refractivity contribution in [2.24, 2.45) is 4.99 Å². The fourth-order valence-electron chi connectivity index (χ4n) is 4.24. The van der Waals surface area contributed by atoms with Crippen molar-refractivity contribution in [2.75, 3.05) is 46.0 Å². The molecule has 1 saturated heterocycles. The fourth-order valence-corrected chi connectivity index (χ4v) is 5.20. The van der Waals surface area contributed by atoms with Gasteiger partial charge >= 0.3 is 5.97 Å². The van der Waals surface area contributed by atoms with Gasteiger partial charge in [0, 0.05) is 37.4 Å². The molecule has 10 heteroatoms. The van der Waals surface area contributed by atoms with Crippen LogP contribution < -0.4 is 5.32 Å². The summed E-state index contributed by atoms with van der Waals surface area (Å²) in [6.45, 7) is 8.07. The van der Waals surface area contributed by atoms with E-state index in [0.29, 0.717) is 41.9 Å². The lowest BCUT2D eigenvalue weighted by Gasteiger charge is -2.36. The zero-order chi connectivity index (χ0) is 24.1. The second-order valence-electron chi connectivity index (χ2n) is 8.12. The molecule has 1 atom stereocenters. The van der Waals surface area contributed by atoms with Gasteiger partial charge in [-0.05, 0) is 25.3 Å². The van der Waals surface area contributed by atoms with E-state index in [9.17, 15) is 14.0 Å². The number of hydrogen-bond acceptors (Lipinski definition) is 8. The third kappa shape index (κ3) is 5.34. The highest BCUT2D eigenvalue weighted by molar-refractivity contribution is 8.16. The van der Waals surface area contributed by atoms with Gasteiger partial charge in [0.2, 0.25) is 5.91 Å². The smallest absolute Gasteiger partial charge is 0.338 e. The number of benzene rings is 1. The number of nitrogens with zero attached hydrogens (tertiary/aromatic N) is 3. The Kier molecular flexibility index (Phi) is 8.02. The lowest BCUT2D eigenvalue weighted by Crippen LogP contribution is -2.42. The standard InChI is InChI=1S/C24H29FN4O4S/c1-3-33-23(31)21-16(2)27-24-29(22(21)18-6-4-5-7-19(18)25)17(15-34-24)14-20(30)26-8-9-28-10-12-32-13-11-28/h4-7,15,22H,3,8-14H2,1-2H3,(H,26,30). The molecule has 3 heterocycles. The molecule has 1 N–H and O–H groups in total. The number of aliphatic imine (C=N–C) groups is 1. The molecule has 34 heavy (non-hydrogen) atoms. The number of esters is 1. The van der Waals surface area contributed by atoms with Crippen molar-refractivity contribution in [1.82, 2.24) is 15.1 Å². The number of halogens is 1. The van der Waals surface area contributed by atoms with Crippen LogP contribution in [0.5, 0.6) is 0 Å². The van der Waals surface area contributed by atoms with Crippen LogP contribution in [0, 0.1) is 5.82 Å². The van der Waals surface area contributed by atoms with Crippen LogP contribution in [0.4, 0.5) is 4.39 Å². The highest BCUT2D eigenvalue weighted by atomic mass is 32.2. The molecule has 4 rings (SSSR count). The lowest BCUT2D eigenvalue weighted by atomic mass is 9.93. The van der Waals surface area contributed by atoms with E-state index in [1.807, 2.05) is 5.41 Å². The molecule has 0 saturated carbocycles. The molecule has 0 spiro atoms. The van der Waals surface area contributed by atoms with Crippen LogP contribution in [-0.4, -0.2) is 72.8 Å². The van der Waals surface area contributed by atoms with E-state index in [1.165, 1.54) is 17.8 Å². The first-order valence-electron chi connectivity index (χ1n) is 11.4. The first kappa shape index (κ1) is 24.4. The number of fused-ring (bicyclic) bond motifs is 1. The van der Waals surface area contributed by atoms with Crippen LogP contribution in [-0.2, 0) is 19.1 Å². The Hall–Kier alpha value is -2.69. The predicted octanol–water partition coefficient (Wildman–Crippen LogP) is 2.80. The van der Waals surface area contributed by atoms with E-state index in [1.54, 1.807) is 36.9 Å². The minimum Gasteiger partial charge on any atom is -0.463 e. The Bertz CT molecular complexity index is 1040. The fraction of sp³-hybridized carbons (Fsp3) is 0.458. The summed E-state index contributed by atoms with van der Waals surface area (Å²) in [6.07, 6.45) is 0.0925. The summed E-state index contributed by atoms with van der Waals surface area (Å²) in [5.74, 6) is -1.12. The Morgan fingerprint density at radius 2 is 2.06 bits per heavy atom. The zero-order valence-electron chi connectivity index (χ0n) is 19.4. The van der Waals surface area contributed by atoms with Gasteiger partial charge in [0.1, 0.15) is 5.82 Å². The molecule has 182 valence electrons. The van der Waals surface area contributed by atoms with Crippen LogP contribution in [0.1, 0.15) is 31.9 Å². The predicted molar refractivity (Wildman–Crippen MR) is 128 cm³/mol. The summed E-state index contributed by atoms with van der Waals surface area (Å²) in [5, 5.41) is 5.41. The van der Waals surface area contributed by atoms with Gasteiger partial charge in [-0.25, -0.2) is 14.2 Å². The Labute approximate surface area is 202 Å². The molecule has 3 aliphatic rings. The molecular weight excluding hydrogens is 459 g/mol. The monoisotopic (exact) mass is 488 g/mol. The molecule has 8 nitrogen and oxygen atoms in total. The normalized spacial score (nSPS) is 20.6. The van der Waals surface area contributed by atoms with E-state index in [-0.39, 0.29) is 24.5 Å². The minimum atomic E-state index is -0.768. The highest BCUT2D eigenvalue weighted by Gasteiger charge is 2.42. The highest BCUT2D eigenvalue weighted by Crippen LogP contribution is 2.45. The first-order chi connectivity index (χ1) is 16.5. The van der Waals surface area contributed by atoms with Crippen LogP contribution >= 0.6 is 11.8 Å². The number of nitrogens with one attached hydrogen (secondary N) is 1. The molecule has 0 aromatic heterocycles. The molecule has 1 amide bonds. The van der Waals surface area contributed by atoms with Gasteiger partial charge in [-0.2, -0.15) is 0 Å². The number of carbonyl (C=O) groups is 2. The van der Waals surface area contributed by atoms with E-state index in [2.05, 4.69) is 15.2 Å². The average Bonchev–Trinajstić information content (AvgIpc) is 3.21. The molecule has 0 radical (unpaired) electrons. The van der Waals surface area contributed by atoms with Crippen LogP contribution in [0.25, 0.3) is 0 Å². The Balaban J connectivity index is 1.53. The molecular formula is C24H29FN4O4S. The van der Waals surface area contributed by atoms with Crippen molar-refractivity contribution in [3.05, 3.63) is 58.0 Å². The molecule has 0 bridgehead atoms. The van der Waals surface area contributed by atoms with Gasteiger partial charge in [0.25, 0.3) is 0 Å². The Morgan fingerprint density at radius 3 is 2.79 bits per heavy atom. The number of amidine groups is 1.